The highest BCUT2D eigenvalue weighted by atomic mass is 16.6. The average Bonchev–Trinajstić information content (AvgIpc) is 2.09. The van der Waals surface area contributed by atoms with E-state index in [0.717, 1.165) is 0 Å². The van der Waals surface area contributed by atoms with Crippen LogP contribution in [0.1, 0.15) is 27.7 Å². The fourth-order valence-electron chi connectivity index (χ4n) is 0.729. The maximum absolute atomic E-state index is 11.1. The Hall–Kier alpha value is -0.610. The van der Waals surface area contributed by atoms with Crippen LogP contribution in [-0.2, 0) is 14.3 Å². The normalized spacial score (nSPS) is 13.8. The quantitative estimate of drug-likeness (QED) is 0.533. The van der Waals surface area contributed by atoms with Crippen molar-refractivity contribution < 1.29 is 14.3 Å². The number of nitrogens with two attached hydrogens (primary N) is 1. The van der Waals surface area contributed by atoms with E-state index < -0.39 is 0 Å². The third kappa shape index (κ3) is 6.86. The third-order valence-corrected chi connectivity index (χ3v) is 1.62. The van der Waals surface area contributed by atoms with E-state index in [4.69, 9.17) is 15.2 Å². The first kappa shape index (κ1) is 13.4. The molecule has 0 bridgehead atoms. The predicted octanol–water partition coefficient (Wildman–Crippen LogP) is 0.940. The molecule has 0 aliphatic carbocycles. The Kier molecular flexibility index (Phi) is 5.72. The topological polar surface area (TPSA) is 61.6 Å². The van der Waals surface area contributed by atoms with Crippen molar-refractivity contribution in [2.24, 2.45) is 11.7 Å². The molecule has 0 spiro atoms. The highest BCUT2D eigenvalue weighted by Crippen LogP contribution is 2.06. The van der Waals surface area contributed by atoms with E-state index in [2.05, 4.69) is 0 Å². The van der Waals surface area contributed by atoms with E-state index in [-0.39, 0.29) is 17.5 Å². The molecule has 0 fully saturated rings. The van der Waals surface area contributed by atoms with Crippen LogP contribution in [0.5, 0.6) is 0 Å². The lowest BCUT2D eigenvalue weighted by Crippen LogP contribution is -2.26. The molecule has 0 aliphatic rings. The first-order valence-corrected chi connectivity index (χ1v) is 4.87. The standard InChI is InChI=1S/C10H21NO3/c1-8(7-11)9(12)13-5-6-14-10(2,3)4/h8H,5-7,11H2,1-4H3. The SMILES string of the molecule is CC(CN)C(=O)OCCOC(C)(C)C. The Bertz CT molecular complexity index is 175. The number of rotatable bonds is 5. The molecule has 0 aromatic heterocycles. The first-order chi connectivity index (χ1) is 6.37. The van der Waals surface area contributed by atoms with E-state index in [1.54, 1.807) is 6.92 Å². The first-order valence-electron chi connectivity index (χ1n) is 4.87. The van der Waals surface area contributed by atoms with Crippen LogP contribution in [-0.4, -0.2) is 31.3 Å². The summed E-state index contributed by atoms with van der Waals surface area (Å²) in [4.78, 5) is 11.1. The summed E-state index contributed by atoms with van der Waals surface area (Å²) >= 11 is 0. The van der Waals surface area contributed by atoms with Crippen LogP contribution >= 0.6 is 0 Å². The van der Waals surface area contributed by atoms with Gasteiger partial charge in [0.05, 0.1) is 18.1 Å². The van der Waals surface area contributed by atoms with Gasteiger partial charge in [-0.25, -0.2) is 0 Å². The van der Waals surface area contributed by atoms with Crippen LogP contribution in [0, 0.1) is 5.92 Å². The number of ether oxygens (including phenoxy) is 2. The van der Waals surface area contributed by atoms with Gasteiger partial charge in [0.25, 0.3) is 0 Å². The maximum Gasteiger partial charge on any atom is 0.310 e. The van der Waals surface area contributed by atoms with Crippen LogP contribution < -0.4 is 5.73 Å². The summed E-state index contributed by atoms with van der Waals surface area (Å²) < 4.78 is 10.3. The summed E-state index contributed by atoms with van der Waals surface area (Å²) in [6, 6.07) is 0. The van der Waals surface area contributed by atoms with Crippen molar-refractivity contribution in [2.75, 3.05) is 19.8 Å². The molecular weight excluding hydrogens is 182 g/mol. The zero-order valence-corrected chi connectivity index (χ0v) is 9.50. The Morgan fingerprint density at radius 1 is 1.36 bits per heavy atom. The van der Waals surface area contributed by atoms with Crippen molar-refractivity contribution in [2.45, 2.75) is 33.3 Å². The number of carbonyl (C=O) groups excluding carboxylic acids is 1. The molecule has 4 nitrogen and oxygen atoms in total. The molecule has 0 radical (unpaired) electrons. The van der Waals surface area contributed by atoms with Crippen molar-refractivity contribution in [3.63, 3.8) is 0 Å². The summed E-state index contributed by atoms with van der Waals surface area (Å²) in [7, 11) is 0. The van der Waals surface area contributed by atoms with Gasteiger partial charge in [-0.2, -0.15) is 0 Å². The number of esters is 1. The van der Waals surface area contributed by atoms with Crippen LogP contribution in [0.2, 0.25) is 0 Å². The maximum atomic E-state index is 11.1. The van der Waals surface area contributed by atoms with Gasteiger partial charge < -0.3 is 15.2 Å². The van der Waals surface area contributed by atoms with Gasteiger partial charge >= 0.3 is 5.97 Å². The van der Waals surface area contributed by atoms with Crippen molar-refractivity contribution in [3.8, 4) is 0 Å². The lowest BCUT2D eigenvalue weighted by molar-refractivity contribution is -0.150. The second-order valence-electron chi connectivity index (χ2n) is 4.27. The molecule has 84 valence electrons. The molecule has 0 rings (SSSR count). The summed E-state index contributed by atoms with van der Waals surface area (Å²) in [5, 5.41) is 0. The average molecular weight is 203 g/mol. The van der Waals surface area contributed by atoms with Crippen molar-refractivity contribution in [1.82, 2.24) is 0 Å². The fraction of sp³-hybridized carbons (Fsp3) is 0.900. The largest absolute Gasteiger partial charge is 0.463 e. The summed E-state index contributed by atoms with van der Waals surface area (Å²) in [6.07, 6.45) is 0. The predicted molar refractivity (Wildman–Crippen MR) is 54.9 cm³/mol. The Morgan fingerprint density at radius 2 is 1.93 bits per heavy atom. The molecular formula is C10H21NO3. The monoisotopic (exact) mass is 203 g/mol. The molecule has 0 aromatic rings. The number of carbonyl (C=O) groups is 1. The van der Waals surface area contributed by atoms with Crippen LogP contribution in [0.25, 0.3) is 0 Å². The van der Waals surface area contributed by atoms with E-state index in [0.29, 0.717) is 19.8 Å². The minimum atomic E-state index is -0.259. The smallest absolute Gasteiger partial charge is 0.310 e. The van der Waals surface area contributed by atoms with E-state index in [9.17, 15) is 4.79 Å². The van der Waals surface area contributed by atoms with E-state index in [1.807, 2.05) is 20.8 Å². The molecule has 14 heavy (non-hydrogen) atoms. The zero-order chi connectivity index (χ0) is 11.2. The second kappa shape index (κ2) is 5.98. The van der Waals surface area contributed by atoms with E-state index in [1.165, 1.54) is 0 Å². The van der Waals surface area contributed by atoms with Gasteiger partial charge in [-0.15, -0.1) is 0 Å². The highest BCUT2D eigenvalue weighted by molar-refractivity contribution is 5.72. The molecule has 0 heterocycles. The Labute approximate surface area is 85.8 Å². The number of hydrogen-bond acceptors (Lipinski definition) is 4. The molecule has 0 aromatic carbocycles. The lowest BCUT2D eigenvalue weighted by Gasteiger charge is -2.19. The zero-order valence-electron chi connectivity index (χ0n) is 9.50. The van der Waals surface area contributed by atoms with Gasteiger partial charge in [-0.1, -0.05) is 6.92 Å². The van der Waals surface area contributed by atoms with Gasteiger partial charge in [0.15, 0.2) is 0 Å². The van der Waals surface area contributed by atoms with Gasteiger partial charge in [0.1, 0.15) is 6.61 Å². The highest BCUT2D eigenvalue weighted by Gasteiger charge is 2.13. The third-order valence-electron chi connectivity index (χ3n) is 1.62. The van der Waals surface area contributed by atoms with Crippen molar-refractivity contribution in [1.29, 1.82) is 0 Å². The minimum Gasteiger partial charge on any atom is -0.463 e. The molecule has 4 heteroatoms. The molecule has 0 aliphatic heterocycles. The Morgan fingerprint density at radius 3 is 2.36 bits per heavy atom. The molecule has 2 N–H and O–H groups in total. The minimum absolute atomic E-state index is 0.189. The molecule has 0 saturated carbocycles. The van der Waals surface area contributed by atoms with Crippen LogP contribution in [0.3, 0.4) is 0 Å². The summed E-state index contributed by atoms with van der Waals surface area (Å²) in [6.45, 7) is 8.64. The van der Waals surface area contributed by atoms with E-state index >= 15 is 0 Å². The summed E-state index contributed by atoms with van der Waals surface area (Å²) in [5.41, 5.74) is 5.13. The van der Waals surface area contributed by atoms with Gasteiger partial charge in [0.2, 0.25) is 0 Å². The van der Waals surface area contributed by atoms with Gasteiger partial charge in [-0.3, -0.25) is 4.79 Å². The second-order valence-corrected chi connectivity index (χ2v) is 4.27. The molecule has 0 saturated heterocycles. The molecule has 1 unspecified atom stereocenters. The van der Waals surface area contributed by atoms with Crippen molar-refractivity contribution in [3.05, 3.63) is 0 Å². The Balaban J connectivity index is 3.51. The van der Waals surface area contributed by atoms with Crippen molar-refractivity contribution >= 4 is 5.97 Å². The van der Waals surface area contributed by atoms with Gasteiger partial charge in [-0.05, 0) is 20.8 Å². The molecule has 1 atom stereocenters. The van der Waals surface area contributed by atoms with Gasteiger partial charge in [0, 0.05) is 6.54 Å². The summed E-state index contributed by atoms with van der Waals surface area (Å²) in [5.74, 6) is -0.491. The molecule has 0 amide bonds. The van der Waals surface area contributed by atoms with Crippen LogP contribution in [0.4, 0.5) is 0 Å². The fourth-order valence-corrected chi connectivity index (χ4v) is 0.729. The van der Waals surface area contributed by atoms with Crippen LogP contribution in [0.15, 0.2) is 0 Å². The lowest BCUT2D eigenvalue weighted by atomic mass is 10.2. The number of hydrogen-bond donors (Lipinski definition) is 1.